The van der Waals surface area contributed by atoms with E-state index in [4.69, 9.17) is 0 Å². The van der Waals surface area contributed by atoms with E-state index in [2.05, 4.69) is 33.1 Å². The lowest BCUT2D eigenvalue weighted by atomic mass is 10.0. The summed E-state index contributed by atoms with van der Waals surface area (Å²) in [4.78, 5) is 14.0. The Labute approximate surface area is 154 Å². The lowest BCUT2D eigenvalue weighted by Gasteiger charge is -2.13. The van der Waals surface area contributed by atoms with Gasteiger partial charge in [0, 0.05) is 39.7 Å². The van der Waals surface area contributed by atoms with E-state index in [0.717, 1.165) is 38.2 Å². The molecule has 0 saturated carbocycles. The van der Waals surface area contributed by atoms with E-state index in [1.54, 1.807) is 18.0 Å². The first-order chi connectivity index (χ1) is 12.3. The summed E-state index contributed by atoms with van der Waals surface area (Å²) in [5, 5.41) is 15.2. The molecule has 0 unspecified atom stereocenters. The number of benzene rings is 1. The topological polar surface area (TPSA) is 70.4 Å². The van der Waals surface area contributed by atoms with Gasteiger partial charge in [0.15, 0.2) is 0 Å². The van der Waals surface area contributed by atoms with Crippen LogP contribution in [-0.4, -0.2) is 34.7 Å². The lowest BCUT2D eigenvalue weighted by molar-refractivity contribution is 0.278. The smallest absolute Gasteiger partial charge is 0.124 e. The minimum absolute atomic E-state index is 0.0651. The Balaban J connectivity index is 2.18. The second-order valence-electron chi connectivity index (χ2n) is 5.22. The van der Waals surface area contributed by atoms with Crippen LogP contribution >= 0.6 is 23.1 Å². The van der Waals surface area contributed by atoms with Gasteiger partial charge in [-0.1, -0.05) is 6.07 Å². The maximum atomic E-state index is 9.33. The Bertz CT molecular complexity index is 865. The molecule has 2 heterocycles. The van der Waals surface area contributed by atoms with E-state index < -0.39 is 0 Å². The third-order valence-electron chi connectivity index (χ3n) is 3.54. The van der Waals surface area contributed by atoms with Gasteiger partial charge >= 0.3 is 0 Å². The summed E-state index contributed by atoms with van der Waals surface area (Å²) in [7, 11) is 1.91. The van der Waals surface area contributed by atoms with Crippen LogP contribution in [0.25, 0.3) is 21.7 Å². The molecule has 0 amide bonds. The van der Waals surface area contributed by atoms with Crippen LogP contribution in [0.1, 0.15) is 5.69 Å². The fraction of sp³-hybridized carbons (Fsp3) is 0.167. The molecule has 0 bridgehead atoms. The molecule has 0 aliphatic rings. The average molecular weight is 371 g/mol. The van der Waals surface area contributed by atoms with E-state index in [1.165, 1.54) is 11.3 Å². The zero-order valence-corrected chi connectivity index (χ0v) is 15.4. The summed E-state index contributed by atoms with van der Waals surface area (Å²) >= 11 is 3.17. The number of aliphatic hydroxyl groups excluding tert-OH is 1. The quantitative estimate of drug-likeness (QED) is 0.374. The van der Waals surface area contributed by atoms with E-state index >= 15 is 0 Å². The van der Waals surface area contributed by atoms with Crippen molar-refractivity contribution in [3.8, 4) is 21.7 Å². The number of hydrogen-bond donors (Lipinski definition) is 2. The van der Waals surface area contributed by atoms with Crippen LogP contribution in [-0.2, 0) is 6.61 Å². The molecule has 2 aromatic heterocycles. The molecule has 0 aliphatic heterocycles. The fourth-order valence-corrected chi connectivity index (χ4v) is 4.16. The number of hydrogen-bond acceptors (Lipinski definition) is 7. The van der Waals surface area contributed by atoms with Gasteiger partial charge in [0.25, 0.3) is 0 Å². The molecule has 7 heteroatoms. The Kier molecular flexibility index (Phi) is 5.93. The summed E-state index contributed by atoms with van der Waals surface area (Å²) < 4.78 is 0. The minimum atomic E-state index is -0.0651. The SMILES string of the molecule is C=Nc1cc(-c2cccnc2)cc(-c2nc(CO)cs2)c1SCNC. The first-order valence-electron chi connectivity index (χ1n) is 7.65. The predicted octanol–water partition coefficient (Wildman–Crippen LogP) is 3.97. The highest BCUT2D eigenvalue weighted by Crippen LogP contribution is 2.42. The number of aromatic nitrogens is 2. The molecule has 128 valence electrons. The summed E-state index contributed by atoms with van der Waals surface area (Å²) in [5.41, 5.74) is 4.51. The van der Waals surface area contributed by atoms with Crippen LogP contribution in [0.15, 0.2) is 51.9 Å². The number of nitrogens with zero attached hydrogens (tertiary/aromatic N) is 3. The highest BCUT2D eigenvalue weighted by molar-refractivity contribution is 7.99. The molecular formula is C18H18N4OS2. The molecule has 5 nitrogen and oxygen atoms in total. The Hall–Kier alpha value is -2.06. The van der Waals surface area contributed by atoms with Gasteiger partial charge in [-0.25, -0.2) is 4.98 Å². The van der Waals surface area contributed by atoms with Crippen molar-refractivity contribution in [2.75, 3.05) is 12.9 Å². The van der Waals surface area contributed by atoms with E-state index in [9.17, 15) is 5.11 Å². The molecule has 0 saturated heterocycles. The molecule has 0 fully saturated rings. The molecule has 3 aromatic rings. The number of pyridine rings is 1. The van der Waals surface area contributed by atoms with Crippen molar-refractivity contribution in [1.82, 2.24) is 15.3 Å². The Morgan fingerprint density at radius 2 is 2.24 bits per heavy atom. The van der Waals surface area contributed by atoms with Gasteiger partial charge in [-0.05, 0) is 37.5 Å². The zero-order chi connectivity index (χ0) is 17.6. The van der Waals surface area contributed by atoms with E-state index in [-0.39, 0.29) is 6.61 Å². The number of thioether (sulfide) groups is 1. The first kappa shape index (κ1) is 17.8. The van der Waals surface area contributed by atoms with Crippen molar-refractivity contribution >= 4 is 35.5 Å². The maximum absolute atomic E-state index is 9.33. The van der Waals surface area contributed by atoms with Gasteiger partial charge in [0.1, 0.15) is 5.01 Å². The van der Waals surface area contributed by atoms with Crippen molar-refractivity contribution < 1.29 is 5.11 Å². The van der Waals surface area contributed by atoms with E-state index in [0.29, 0.717) is 5.69 Å². The van der Waals surface area contributed by atoms with Gasteiger partial charge in [0.05, 0.1) is 18.0 Å². The van der Waals surface area contributed by atoms with E-state index in [1.807, 2.05) is 36.8 Å². The minimum Gasteiger partial charge on any atom is -0.390 e. The molecule has 1 aromatic carbocycles. The second kappa shape index (κ2) is 8.35. The van der Waals surface area contributed by atoms with Crippen molar-refractivity contribution in [2.45, 2.75) is 11.5 Å². The number of aliphatic hydroxyl groups is 1. The van der Waals surface area contributed by atoms with Gasteiger partial charge in [0.2, 0.25) is 0 Å². The van der Waals surface area contributed by atoms with Crippen molar-refractivity contribution in [2.24, 2.45) is 4.99 Å². The molecule has 0 atom stereocenters. The number of nitrogens with one attached hydrogen (secondary N) is 1. The molecule has 0 radical (unpaired) electrons. The predicted molar refractivity (Wildman–Crippen MR) is 106 cm³/mol. The highest BCUT2D eigenvalue weighted by atomic mass is 32.2. The monoisotopic (exact) mass is 370 g/mol. The number of thiazole rings is 1. The second-order valence-corrected chi connectivity index (χ2v) is 7.06. The van der Waals surface area contributed by atoms with Crippen LogP contribution in [0.2, 0.25) is 0 Å². The van der Waals surface area contributed by atoms with Gasteiger partial charge in [-0.3, -0.25) is 9.98 Å². The summed E-state index contributed by atoms with van der Waals surface area (Å²) in [6.07, 6.45) is 3.58. The van der Waals surface area contributed by atoms with Crippen LogP contribution < -0.4 is 5.32 Å². The lowest BCUT2D eigenvalue weighted by Crippen LogP contribution is -2.03. The Morgan fingerprint density at radius 3 is 2.88 bits per heavy atom. The molecule has 25 heavy (non-hydrogen) atoms. The largest absolute Gasteiger partial charge is 0.390 e. The van der Waals surface area contributed by atoms with Gasteiger partial charge in [-0.2, -0.15) is 0 Å². The maximum Gasteiger partial charge on any atom is 0.124 e. The average Bonchev–Trinajstić information content (AvgIpc) is 3.15. The van der Waals surface area contributed by atoms with Crippen molar-refractivity contribution in [3.63, 3.8) is 0 Å². The van der Waals surface area contributed by atoms with Crippen LogP contribution in [0, 0.1) is 0 Å². The molecule has 2 N–H and O–H groups in total. The van der Waals surface area contributed by atoms with Crippen LogP contribution in [0.3, 0.4) is 0 Å². The first-order valence-corrected chi connectivity index (χ1v) is 9.51. The molecule has 0 spiro atoms. The third-order valence-corrected chi connectivity index (χ3v) is 5.61. The Morgan fingerprint density at radius 1 is 1.36 bits per heavy atom. The summed E-state index contributed by atoms with van der Waals surface area (Å²) in [5.74, 6) is 0.750. The summed E-state index contributed by atoms with van der Waals surface area (Å²) in [6, 6.07) is 8.04. The highest BCUT2D eigenvalue weighted by Gasteiger charge is 2.16. The normalized spacial score (nSPS) is 10.8. The summed E-state index contributed by atoms with van der Waals surface area (Å²) in [6.45, 7) is 3.67. The van der Waals surface area contributed by atoms with Crippen molar-refractivity contribution in [3.05, 3.63) is 47.7 Å². The molecular weight excluding hydrogens is 352 g/mol. The standard InChI is InChI=1S/C18H18N4OS2/c1-19-11-25-17-15(18-22-14(9-23)10-24-18)6-13(7-16(17)20-2)12-4-3-5-21-8-12/h3-8,10,19,23H,2,9,11H2,1H3. The van der Waals surface area contributed by atoms with Gasteiger partial charge < -0.3 is 10.4 Å². The molecule has 0 aliphatic carbocycles. The molecule has 3 rings (SSSR count). The number of rotatable bonds is 7. The van der Waals surface area contributed by atoms with Gasteiger partial charge in [-0.15, -0.1) is 23.1 Å². The third kappa shape index (κ3) is 3.96. The van der Waals surface area contributed by atoms with Crippen LogP contribution in [0.4, 0.5) is 5.69 Å². The van der Waals surface area contributed by atoms with Crippen molar-refractivity contribution in [1.29, 1.82) is 0 Å². The van der Waals surface area contributed by atoms with Crippen LogP contribution in [0.5, 0.6) is 0 Å². The fourth-order valence-electron chi connectivity index (χ4n) is 2.39. The number of aliphatic imine (C=N–C) groups is 1. The zero-order valence-electron chi connectivity index (χ0n) is 13.8.